The van der Waals surface area contributed by atoms with Crippen LogP contribution >= 0.6 is 0 Å². The van der Waals surface area contributed by atoms with Crippen molar-refractivity contribution in [3.05, 3.63) is 83.9 Å². The maximum Gasteiger partial charge on any atom is 0.253 e. The summed E-state index contributed by atoms with van der Waals surface area (Å²) in [7, 11) is 0. The first kappa shape index (κ1) is 21.2. The van der Waals surface area contributed by atoms with Crippen molar-refractivity contribution in [3.63, 3.8) is 0 Å². The fourth-order valence-corrected chi connectivity index (χ4v) is 4.71. The Balaban J connectivity index is 1.23. The third-order valence-electron chi connectivity index (χ3n) is 6.42. The number of ether oxygens (including phenoxy) is 2. The van der Waals surface area contributed by atoms with E-state index in [-0.39, 0.29) is 25.0 Å². The molecule has 1 atom stereocenters. The lowest BCUT2D eigenvalue weighted by Crippen LogP contribution is -2.33. The van der Waals surface area contributed by atoms with Crippen LogP contribution in [0, 0.1) is 0 Å². The predicted molar refractivity (Wildman–Crippen MR) is 130 cm³/mol. The van der Waals surface area contributed by atoms with Crippen LogP contribution in [-0.4, -0.2) is 34.7 Å². The van der Waals surface area contributed by atoms with Crippen LogP contribution in [0.3, 0.4) is 0 Å². The number of anilines is 1. The number of para-hydroxylation sites is 2. The van der Waals surface area contributed by atoms with Crippen LogP contribution in [0.1, 0.15) is 23.6 Å². The van der Waals surface area contributed by atoms with Gasteiger partial charge in [-0.1, -0.05) is 48.5 Å². The van der Waals surface area contributed by atoms with Crippen molar-refractivity contribution in [2.45, 2.75) is 25.4 Å². The number of imidazole rings is 1. The second-order valence-corrected chi connectivity index (χ2v) is 8.69. The molecule has 3 heterocycles. The number of benzene rings is 3. The fraction of sp³-hybridized carbons (Fsp3) is 0.222. The van der Waals surface area contributed by atoms with E-state index in [4.69, 9.17) is 14.5 Å². The van der Waals surface area contributed by atoms with E-state index >= 15 is 0 Å². The van der Waals surface area contributed by atoms with Gasteiger partial charge in [-0.25, -0.2) is 4.98 Å². The van der Waals surface area contributed by atoms with E-state index in [0.717, 1.165) is 28.6 Å². The molecule has 1 N–H and O–H groups in total. The van der Waals surface area contributed by atoms with Gasteiger partial charge in [0.25, 0.3) is 5.91 Å². The summed E-state index contributed by atoms with van der Waals surface area (Å²) in [5, 5.41) is 2.97. The minimum absolute atomic E-state index is 0.0542. The number of nitrogens with zero attached hydrogens (tertiary/aromatic N) is 3. The average Bonchev–Trinajstić information content (AvgIpc) is 3.56. The van der Waals surface area contributed by atoms with Gasteiger partial charge in [0.05, 0.1) is 24.0 Å². The Morgan fingerprint density at radius 2 is 1.77 bits per heavy atom. The van der Waals surface area contributed by atoms with Gasteiger partial charge in [-0.2, -0.15) is 0 Å². The molecule has 0 unspecified atom stereocenters. The van der Waals surface area contributed by atoms with E-state index in [9.17, 15) is 9.59 Å². The first-order chi connectivity index (χ1) is 17.2. The molecule has 0 saturated carbocycles. The van der Waals surface area contributed by atoms with E-state index in [1.807, 2.05) is 77.4 Å². The standard InChI is InChI=1S/C27H24N4O4/c32-25(28-13-12-18-6-2-1-3-7-18)15-22-26(33)30(16-19-10-11-23-24(14-19)35-17-34-23)27-29-20-8-4-5-9-21(20)31(22)27/h1-11,14,22H,12-13,15-17H2,(H,28,32)/t22-/m0/s1. The van der Waals surface area contributed by atoms with Crippen molar-refractivity contribution in [2.24, 2.45) is 0 Å². The molecule has 0 bridgehead atoms. The average molecular weight is 469 g/mol. The maximum atomic E-state index is 13.6. The van der Waals surface area contributed by atoms with Crippen LogP contribution in [-0.2, 0) is 22.6 Å². The van der Waals surface area contributed by atoms with Gasteiger partial charge in [0, 0.05) is 6.54 Å². The number of carbonyl (C=O) groups excluding carboxylic acids is 2. The second-order valence-electron chi connectivity index (χ2n) is 8.69. The number of rotatable bonds is 7. The molecule has 8 heteroatoms. The highest BCUT2D eigenvalue weighted by Gasteiger charge is 2.41. The molecule has 2 amide bonds. The predicted octanol–water partition coefficient (Wildman–Crippen LogP) is 3.60. The summed E-state index contributed by atoms with van der Waals surface area (Å²) in [6.07, 6.45) is 0.791. The highest BCUT2D eigenvalue weighted by molar-refractivity contribution is 6.03. The van der Waals surface area contributed by atoms with E-state index in [2.05, 4.69) is 5.32 Å². The minimum Gasteiger partial charge on any atom is -0.454 e. The molecule has 0 saturated heterocycles. The number of hydrogen-bond donors (Lipinski definition) is 1. The van der Waals surface area contributed by atoms with Crippen LogP contribution in [0.2, 0.25) is 0 Å². The van der Waals surface area contributed by atoms with Crippen LogP contribution < -0.4 is 19.7 Å². The minimum atomic E-state index is -0.650. The molecule has 8 nitrogen and oxygen atoms in total. The summed E-state index contributed by atoms with van der Waals surface area (Å²) < 4.78 is 12.8. The van der Waals surface area contributed by atoms with Crippen LogP contribution in [0.4, 0.5) is 5.95 Å². The van der Waals surface area contributed by atoms with Crippen LogP contribution in [0.15, 0.2) is 72.8 Å². The molecular formula is C27H24N4O4. The van der Waals surface area contributed by atoms with Gasteiger partial charge in [-0.05, 0) is 41.8 Å². The first-order valence-electron chi connectivity index (χ1n) is 11.6. The van der Waals surface area contributed by atoms with Crippen molar-refractivity contribution in [1.82, 2.24) is 14.9 Å². The molecule has 4 aromatic rings. The Hall–Kier alpha value is -4.33. The zero-order valence-corrected chi connectivity index (χ0v) is 19.0. The highest BCUT2D eigenvalue weighted by Crippen LogP contribution is 2.38. The number of hydrogen-bond acceptors (Lipinski definition) is 5. The van der Waals surface area contributed by atoms with Gasteiger partial charge in [-0.3, -0.25) is 19.1 Å². The van der Waals surface area contributed by atoms with Gasteiger partial charge in [0.2, 0.25) is 18.6 Å². The lowest BCUT2D eigenvalue weighted by Gasteiger charge is -2.16. The Bertz CT molecular complexity index is 1420. The third-order valence-corrected chi connectivity index (χ3v) is 6.42. The number of amides is 2. The number of fused-ring (bicyclic) bond motifs is 4. The van der Waals surface area contributed by atoms with E-state index in [1.54, 1.807) is 4.90 Å². The number of nitrogens with one attached hydrogen (secondary N) is 1. The second kappa shape index (κ2) is 8.79. The maximum absolute atomic E-state index is 13.6. The summed E-state index contributed by atoms with van der Waals surface area (Å²) in [5.41, 5.74) is 3.68. The number of aromatic nitrogens is 2. The van der Waals surface area contributed by atoms with Gasteiger partial charge < -0.3 is 14.8 Å². The Morgan fingerprint density at radius 3 is 2.66 bits per heavy atom. The molecule has 3 aromatic carbocycles. The fourth-order valence-electron chi connectivity index (χ4n) is 4.71. The zero-order valence-electron chi connectivity index (χ0n) is 19.0. The Kier molecular flexibility index (Phi) is 5.33. The third kappa shape index (κ3) is 3.97. The van der Waals surface area contributed by atoms with Crippen molar-refractivity contribution in [2.75, 3.05) is 18.2 Å². The van der Waals surface area contributed by atoms with Crippen molar-refractivity contribution in [3.8, 4) is 11.5 Å². The molecule has 35 heavy (non-hydrogen) atoms. The summed E-state index contributed by atoms with van der Waals surface area (Å²) in [5.74, 6) is 1.61. The summed E-state index contributed by atoms with van der Waals surface area (Å²) in [6, 6.07) is 22.7. The molecule has 2 aliphatic rings. The highest BCUT2D eigenvalue weighted by atomic mass is 16.7. The lowest BCUT2D eigenvalue weighted by molar-refractivity contribution is -0.127. The van der Waals surface area contributed by atoms with Gasteiger partial charge in [0.15, 0.2) is 11.5 Å². The van der Waals surface area contributed by atoms with E-state index in [1.165, 1.54) is 0 Å². The molecule has 176 valence electrons. The largest absolute Gasteiger partial charge is 0.454 e. The van der Waals surface area contributed by atoms with Crippen molar-refractivity contribution < 1.29 is 19.1 Å². The first-order valence-corrected chi connectivity index (χ1v) is 11.6. The normalized spacial score (nSPS) is 16.1. The van der Waals surface area contributed by atoms with Crippen molar-refractivity contribution >= 4 is 28.8 Å². The summed E-state index contributed by atoms with van der Waals surface area (Å²) in [4.78, 5) is 32.8. The van der Waals surface area contributed by atoms with Crippen LogP contribution in [0.5, 0.6) is 11.5 Å². The molecule has 2 aliphatic heterocycles. The lowest BCUT2D eigenvalue weighted by atomic mass is 10.1. The molecule has 0 radical (unpaired) electrons. The molecule has 0 aliphatic carbocycles. The monoisotopic (exact) mass is 468 g/mol. The van der Waals surface area contributed by atoms with Gasteiger partial charge >= 0.3 is 0 Å². The Labute approximate surface area is 202 Å². The van der Waals surface area contributed by atoms with Crippen LogP contribution in [0.25, 0.3) is 11.0 Å². The molecule has 0 fully saturated rings. The van der Waals surface area contributed by atoms with Gasteiger partial charge in [0.1, 0.15) is 6.04 Å². The molecular weight excluding hydrogens is 444 g/mol. The van der Waals surface area contributed by atoms with Crippen molar-refractivity contribution in [1.29, 1.82) is 0 Å². The van der Waals surface area contributed by atoms with Gasteiger partial charge in [-0.15, -0.1) is 0 Å². The molecule has 0 spiro atoms. The topological polar surface area (TPSA) is 85.7 Å². The SMILES string of the molecule is O=C(C[C@H]1C(=O)N(Cc2ccc3c(c2)OCO3)c2nc3ccccc3n21)NCCc1ccccc1. The molecule has 6 rings (SSSR count). The zero-order chi connectivity index (χ0) is 23.8. The molecule has 1 aromatic heterocycles. The quantitative estimate of drug-likeness (QED) is 0.448. The summed E-state index contributed by atoms with van der Waals surface area (Å²) in [6.45, 7) is 1.03. The number of carbonyl (C=O) groups is 2. The van der Waals surface area contributed by atoms with E-state index < -0.39 is 6.04 Å². The van der Waals surface area contributed by atoms with E-state index in [0.29, 0.717) is 30.5 Å². The summed E-state index contributed by atoms with van der Waals surface area (Å²) >= 11 is 0. The smallest absolute Gasteiger partial charge is 0.253 e. The Morgan fingerprint density at radius 1 is 0.971 bits per heavy atom.